The molecule has 0 aromatic heterocycles. The highest BCUT2D eigenvalue weighted by molar-refractivity contribution is 6.31. The van der Waals surface area contributed by atoms with Crippen molar-refractivity contribution in [3.05, 3.63) is 34.6 Å². The van der Waals surface area contributed by atoms with Crippen LogP contribution >= 0.6 is 11.6 Å². The summed E-state index contributed by atoms with van der Waals surface area (Å²) in [7, 11) is 0. The summed E-state index contributed by atoms with van der Waals surface area (Å²) in [6.07, 6.45) is 0. The van der Waals surface area contributed by atoms with Crippen LogP contribution in [0.15, 0.2) is 18.2 Å². The van der Waals surface area contributed by atoms with Gasteiger partial charge in [-0.05, 0) is 23.6 Å². The Hall–Kier alpha value is -1.13. The summed E-state index contributed by atoms with van der Waals surface area (Å²) >= 11 is 5.87. The van der Waals surface area contributed by atoms with Crippen molar-refractivity contribution in [1.82, 2.24) is 10.6 Å². The molecule has 0 radical (unpaired) electrons. The molecule has 0 saturated carbocycles. The van der Waals surface area contributed by atoms with Crippen molar-refractivity contribution in [1.29, 1.82) is 0 Å². The lowest BCUT2D eigenvalue weighted by molar-refractivity contribution is -0.120. The quantitative estimate of drug-likeness (QED) is 0.835. The summed E-state index contributed by atoms with van der Waals surface area (Å²) in [6, 6.07) is 4.22. The third-order valence-corrected chi connectivity index (χ3v) is 2.68. The van der Waals surface area contributed by atoms with E-state index in [1.807, 2.05) is 13.8 Å². The van der Waals surface area contributed by atoms with E-state index in [0.717, 1.165) is 5.56 Å². The molecule has 1 aromatic rings. The maximum Gasteiger partial charge on any atom is 0.233 e. The van der Waals surface area contributed by atoms with E-state index < -0.39 is 0 Å². The maximum atomic E-state index is 12.8. The van der Waals surface area contributed by atoms with Gasteiger partial charge < -0.3 is 10.6 Å². The molecule has 2 N–H and O–H groups in total. The van der Waals surface area contributed by atoms with Gasteiger partial charge in [-0.15, -0.1) is 0 Å². The van der Waals surface area contributed by atoms with Crippen molar-refractivity contribution in [3.8, 4) is 0 Å². The third kappa shape index (κ3) is 5.47. The van der Waals surface area contributed by atoms with Gasteiger partial charge in [0.05, 0.1) is 6.54 Å². The number of amides is 1. The zero-order chi connectivity index (χ0) is 13.5. The molecule has 0 bridgehead atoms. The second-order valence-electron chi connectivity index (χ2n) is 4.54. The fourth-order valence-corrected chi connectivity index (χ4v) is 1.59. The molecule has 0 saturated heterocycles. The van der Waals surface area contributed by atoms with Gasteiger partial charge in [0.25, 0.3) is 0 Å². The Morgan fingerprint density at radius 2 is 2.17 bits per heavy atom. The molecular formula is C13H18ClFN2O. The first-order valence-corrected chi connectivity index (χ1v) is 6.28. The van der Waals surface area contributed by atoms with Crippen molar-refractivity contribution < 1.29 is 9.18 Å². The Morgan fingerprint density at radius 3 is 2.78 bits per heavy atom. The van der Waals surface area contributed by atoms with Crippen LogP contribution < -0.4 is 10.6 Å². The molecular weight excluding hydrogens is 255 g/mol. The second kappa shape index (κ2) is 7.34. The molecule has 0 heterocycles. The fraction of sp³-hybridized carbons (Fsp3) is 0.462. The van der Waals surface area contributed by atoms with Crippen LogP contribution in [0.2, 0.25) is 5.02 Å². The molecule has 0 aliphatic carbocycles. The summed E-state index contributed by atoms with van der Waals surface area (Å²) in [4.78, 5) is 11.4. The highest BCUT2D eigenvalue weighted by atomic mass is 35.5. The Labute approximate surface area is 112 Å². The zero-order valence-corrected chi connectivity index (χ0v) is 11.4. The van der Waals surface area contributed by atoms with Gasteiger partial charge in [-0.1, -0.05) is 31.5 Å². The van der Waals surface area contributed by atoms with E-state index >= 15 is 0 Å². The molecule has 0 atom stereocenters. The Balaban J connectivity index is 2.31. The lowest BCUT2D eigenvalue weighted by Gasteiger charge is -2.09. The standard InChI is InChI=1S/C13H18ClFN2O/c1-9(2)6-17-13(18)8-16-7-10-3-4-11(15)5-12(10)14/h3-5,9,16H,6-8H2,1-2H3,(H,17,18). The normalized spacial score (nSPS) is 10.7. The molecule has 3 nitrogen and oxygen atoms in total. The minimum atomic E-state index is -0.363. The Bertz CT molecular complexity index is 410. The molecule has 1 aromatic carbocycles. The number of nitrogens with one attached hydrogen (secondary N) is 2. The SMILES string of the molecule is CC(C)CNC(=O)CNCc1ccc(F)cc1Cl. The van der Waals surface area contributed by atoms with E-state index in [0.29, 0.717) is 24.0 Å². The minimum Gasteiger partial charge on any atom is -0.355 e. The van der Waals surface area contributed by atoms with Gasteiger partial charge in [-0.2, -0.15) is 0 Å². The van der Waals surface area contributed by atoms with Gasteiger partial charge in [0.2, 0.25) is 5.91 Å². The summed E-state index contributed by atoms with van der Waals surface area (Å²) in [6.45, 7) is 5.39. The summed E-state index contributed by atoms with van der Waals surface area (Å²) in [5.41, 5.74) is 0.773. The van der Waals surface area contributed by atoms with Crippen LogP contribution in [0.25, 0.3) is 0 Å². The number of hydrogen-bond acceptors (Lipinski definition) is 2. The predicted octanol–water partition coefficient (Wildman–Crippen LogP) is 2.34. The Kier molecular flexibility index (Phi) is 6.09. The lowest BCUT2D eigenvalue weighted by atomic mass is 10.2. The van der Waals surface area contributed by atoms with Crippen LogP contribution in [0, 0.1) is 11.7 Å². The smallest absolute Gasteiger partial charge is 0.233 e. The van der Waals surface area contributed by atoms with Crippen molar-refractivity contribution in [2.45, 2.75) is 20.4 Å². The van der Waals surface area contributed by atoms with E-state index in [-0.39, 0.29) is 18.3 Å². The number of halogens is 2. The third-order valence-electron chi connectivity index (χ3n) is 2.32. The number of carbonyl (C=O) groups excluding carboxylic acids is 1. The van der Waals surface area contributed by atoms with Crippen molar-refractivity contribution >= 4 is 17.5 Å². The van der Waals surface area contributed by atoms with Gasteiger partial charge in [-0.25, -0.2) is 4.39 Å². The molecule has 5 heteroatoms. The first-order chi connectivity index (χ1) is 8.49. The van der Waals surface area contributed by atoms with Crippen LogP contribution in [0.3, 0.4) is 0 Å². The first-order valence-electron chi connectivity index (χ1n) is 5.90. The van der Waals surface area contributed by atoms with E-state index in [1.54, 1.807) is 6.07 Å². The van der Waals surface area contributed by atoms with Gasteiger partial charge in [-0.3, -0.25) is 4.79 Å². The topological polar surface area (TPSA) is 41.1 Å². The minimum absolute atomic E-state index is 0.0538. The molecule has 0 aliphatic rings. The van der Waals surface area contributed by atoms with E-state index in [1.165, 1.54) is 12.1 Å². The van der Waals surface area contributed by atoms with Crippen molar-refractivity contribution in [3.63, 3.8) is 0 Å². The average molecular weight is 273 g/mol. The van der Waals surface area contributed by atoms with E-state index in [4.69, 9.17) is 11.6 Å². The monoisotopic (exact) mass is 272 g/mol. The lowest BCUT2D eigenvalue weighted by Crippen LogP contribution is -2.35. The molecule has 0 spiro atoms. The highest BCUT2D eigenvalue weighted by Crippen LogP contribution is 2.16. The first kappa shape index (κ1) is 14.9. The number of rotatable bonds is 6. The highest BCUT2D eigenvalue weighted by Gasteiger charge is 2.04. The van der Waals surface area contributed by atoms with Gasteiger partial charge in [0.1, 0.15) is 5.82 Å². The van der Waals surface area contributed by atoms with Gasteiger partial charge in [0.15, 0.2) is 0 Å². The largest absolute Gasteiger partial charge is 0.355 e. The average Bonchev–Trinajstić information content (AvgIpc) is 2.29. The molecule has 0 aliphatic heterocycles. The summed E-state index contributed by atoms with van der Waals surface area (Å²) in [5.74, 6) is 0.0147. The van der Waals surface area contributed by atoms with Crippen LogP contribution in [-0.2, 0) is 11.3 Å². The summed E-state index contributed by atoms with van der Waals surface area (Å²) in [5, 5.41) is 6.13. The maximum absolute atomic E-state index is 12.8. The molecule has 0 unspecified atom stereocenters. The molecule has 100 valence electrons. The van der Waals surface area contributed by atoms with Gasteiger partial charge >= 0.3 is 0 Å². The number of benzene rings is 1. The molecule has 1 rings (SSSR count). The predicted molar refractivity (Wildman–Crippen MR) is 71.0 cm³/mol. The van der Waals surface area contributed by atoms with Crippen molar-refractivity contribution in [2.24, 2.45) is 5.92 Å². The fourth-order valence-electron chi connectivity index (χ4n) is 1.36. The molecule has 0 fully saturated rings. The van der Waals surface area contributed by atoms with Crippen molar-refractivity contribution in [2.75, 3.05) is 13.1 Å². The molecule has 1 amide bonds. The zero-order valence-electron chi connectivity index (χ0n) is 10.6. The van der Waals surface area contributed by atoms with Crippen LogP contribution in [0.1, 0.15) is 19.4 Å². The van der Waals surface area contributed by atoms with E-state index in [2.05, 4.69) is 10.6 Å². The Morgan fingerprint density at radius 1 is 1.44 bits per heavy atom. The van der Waals surface area contributed by atoms with Crippen LogP contribution in [0.4, 0.5) is 4.39 Å². The van der Waals surface area contributed by atoms with Gasteiger partial charge in [0, 0.05) is 18.1 Å². The molecule has 18 heavy (non-hydrogen) atoms. The van der Waals surface area contributed by atoms with Crippen LogP contribution in [-0.4, -0.2) is 19.0 Å². The number of carbonyl (C=O) groups is 1. The summed E-state index contributed by atoms with van der Waals surface area (Å²) < 4.78 is 12.8. The van der Waals surface area contributed by atoms with E-state index in [9.17, 15) is 9.18 Å². The second-order valence-corrected chi connectivity index (χ2v) is 4.94. The van der Waals surface area contributed by atoms with Crippen LogP contribution in [0.5, 0.6) is 0 Å². The number of hydrogen-bond donors (Lipinski definition) is 2.